The summed E-state index contributed by atoms with van der Waals surface area (Å²) in [6.07, 6.45) is 0.801. The van der Waals surface area contributed by atoms with Gasteiger partial charge in [0.25, 0.3) is 5.19 Å². The number of ether oxygens (including phenoxy) is 2. The topological polar surface area (TPSA) is 77.5 Å². The fraction of sp³-hybridized carbons (Fsp3) is 0.545. The van der Waals surface area contributed by atoms with Crippen molar-refractivity contribution in [1.82, 2.24) is 10.3 Å². The van der Waals surface area contributed by atoms with Crippen molar-refractivity contribution in [3.05, 3.63) is 11.1 Å². The summed E-state index contributed by atoms with van der Waals surface area (Å²) in [6, 6.07) is 0. The molecule has 100 valence electrons. The Morgan fingerprint density at radius 3 is 2.61 bits per heavy atom. The van der Waals surface area contributed by atoms with E-state index >= 15 is 0 Å². The molecule has 0 aliphatic carbocycles. The van der Waals surface area contributed by atoms with Crippen molar-refractivity contribution in [3.8, 4) is 5.19 Å². The van der Waals surface area contributed by atoms with E-state index in [1.54, 1.807) is 20.8 Å². The minimum Gasteiger partial charge on any atom is -0.473 e. The van der Waals surface area contributed by atoms with Crippen LogP contribution in [0.2, 0.25) is 0 Å². The van der Waals surface area contributed by atoms with Gasteiger partial charge in [-0.15, -0.1) is 0 Å². The molecule has 0 atom stereocenters. The van der Waals surface area contributed by atoms with Crippen LogP contribution in [0.1, 0.15) is 30.4 Å². The van der Waals surface area contributed by atoms with Crippen LogP contribution >= 0.6 is 11.3 Å². The number of alkyl carbamates (subject to hydrolysis) is 1. The van der Waals surface area contributed by atoms with Gasteiger partial charge in [-0.25, -0.2) is 9.78 Å². The highest BCUT2D eigenvalue weighted by molar-refractivity contribution is 7.15. The van der Waals surface area contributed by atoms with Crippen LogP contribution in [0.25, 0.3) is 0 Å². The maximum Gasteiger partial charge on any atom is 0.408 e. The molecule has 0 saturated carbocycles. The summed E-state index contributed by atoms with van der Waals surface area (Å²) < 4.78 is 9.89. The molecule has 1 heterocycles. The van der Waals surface area contributed by atoms with Gasteiger partial charge in [-0.3, -0.25) is 4.79 Å². The first kappa shape index (κ1) is 14.4. The summed E-state index contributed by atoms with van der Waals surface area (Å²) >= 11 is 1.13. The number of hydrogen-bond acceptors (Lipinski definition) is 6. The molecule has 0 fully saturated rings. The van der Waals surface area contributed by atoms with Crippen molar-refractivity contribution in [2.24, 2.45) is 0 Å². The number of Topliss-reactive ketones (excluding diaryl/α,β-unsaturated/α-hetero) is 1. The lowest BCUT2D eigenvalue weighted by molar-refractivity contribution is 0.0520. The van der Waals surface area contributed by atoms with E-state index in [1.165, 1.54) is 13.3 Å². The second kappa shape index (κ2) is 5.81. The van der Waals surface area contributed by atoms with Gasteiger partial charge in [-0.05, 0) is 20.8 Å². The van der Waals surface area contributed by atoms with Crippen molar-refractivity contribution in [2.75, 3.05) is 13.7 Å². The van der Waals surface area contributed by atoms with E-state index < -0.39 is 11.7 Å². The number of thiazole rings is 1. The number of hydrogen-bond donors (Lipinski definition) is 1. The standard InChI is InChI=1S/C11H16N2O4S/c1-11(2,3)17-9(15)12-5-7(14)8-6-13-10(16-4)18-8/h6H,5H2,1-4H3,(H,12,15). The Bertz CT molecular complexity index is 436. The number of methoxy groups -OCH3 is 1. The van der Waals surface area contributed by atoms with Gasteiger partial charge in [-0.2, -0.15) is 0 Å². The molecule has 0 saturated heterocycles. The SMILES string of the molecule is COc1ncc(C(=O)CNC(=O)OC(C)(C)C)s1. The van der Waals surface area contributed by atoms with E-state index in [-0.39, 0.29) is 12.3 Å². The molecule has 0 aliphatic heterocycles. The molecule has 1 N–H and O–H groups in total. The number of nitrogens with zero attached hydrogens (tertiary/aromatic N) is 1. The van der Waals surface area contributed by atoms with E-state index in [1.807, 2.05) is 0 Å². The number of rotatable bonds is 4. The predicted molar refractivity (Wildman–Crippen MR) is 67.2 cm³/mol. The molecule has 0 bridgehead atoms. The molecular weight excluding hydrogens is 256 g/mol. The van der Waals surface area contributed by atoms with E-state index in [0.717, 1.165) is 11.3 Å². The summed E-state index contributed by atoms with van der Waals surface area (Å²) in [7, 11) is 1.48. The maximum atomic E-state index is 11.7. The Labute approximate surface area is 109 Å². The third-order valence-electron chi connectivity index (χ3n) is 1.73. The number of aromatic nitrogens is 1. The molecule has 18 heavy (non-hydrogen) atoms. The van der Waals surface area contributed by atoms with Gasteiger partial charge >= 0.3 is 6.09 Å². The summed E-state index contributed by atoms with van der Waals surface area (Å²) in [5.41, 5.74) is -0.583. The number of amides is 1. The van der Waals surface area contributed by atoms with Crippen molar-refractivity contribution in [3.63, 3.8) is 0 Å². The van der Waals surface area contributed by atoms with Crippen LogP contribution in [0, 0.1) is 0 Å². The van der Waals surface area contributed by atoms with Crippen LogP contribution in [0.4, 0.5) is 4.79 Å². The molecule has 1 aromatic heterocycles. The van der Waals surface area contributed by atoms with E-state index in [4.69, 9.17) is 9.47 Å². The Balaban J connectivity index is 2.44. The zero-order valence-corrected chi connectivity index (χ0v) is 11.6. The second-order valence-corrected chi connectivity index (χ2v) is 5.47. The lowest BCUT2D eigenvalue weighted by Gasteiger charge is -2.19. The second-order valence-electron chi connectivity index (χ2n) is 4.47. The van der Waals surface area contributed by atoms with E-state index in [0.29, 0.717) is 10.1 Å². The fourth-order valence-corrected chi connectivity index (χ4v) is 1.70. The van der Waals surface area contributed by atoms with Gasteiger partial charge in [-0.1, -0.05) is 11.3 Å². The molecule has 0 radical (unpaired) electrons. The molecule has 7 heteroatoms. The molecule has 1 rings (SSSR count). The monoisotopic (exact) mass is 272 g/mol. The Hall–Kier alpha value is -1.63. The van der Waals surface area contributed by atoms with Crippen molar-refractivity contribution in [2.45, 2.75) is 26.4 Å². The van der Waals surface area contributed by atoms with Crippen molar-refractivity contribution < 1.29 is 19.1 Å². The largest absolute Gasteiger partial charge is 0.473 e. The van der Waals surface area contributed by atoms with Gasteiger partial charge in [0.15, 0.2) is 5.78 Å². The minimum atomic E-state index is -0.618. The number of nitrogens with one attached hydrogen (secondary N) is 1. The summed E-state index contributed by atoms with van der Waals surface area (Å²) in [6.45, 7) is 5.13. The number of ketones is 1. The molecule has 0 aliphatic rings. The molecule has 0 unspecified atom stereocenters. The third-order valence-corrected chi connectivity index (χ3v) is 2.73. The summed E-state index contributed by atoms with van der Waals surface area (Å²) in [5.74, 6) is -0.235. The van der Waals surface area contributed by atoms with Crippen LogP contribution < -0.4 is 10.1 Å². The number of carbonyl (C=O) groups excluding carboxylic acids is 2. The summed E-state index contributed by atoms with van der Waals surface area (Å²) in [5, 5.41) is 2.80. The smallest absolute Gasteiger partial charge is 0.408 e. The van der Waals surface area contributed by atoms with Crippen LogP contribution in [0.3, 0.4) is 0 Å². The van der Waals surface area contributed by atoms with E-state index in [9.17, 15) is 9.59 Å². The molecule has 1 aromatic rings. The average Bonchev–Trinajstić information content (AvgIpc) is 2.72. The Morgan fingerprint density at radius 2 is 2.11 bits per heavy atom. The van der Waals surface area contributed by atoms with Crippen LogP contribution in [-0.2, 0) is 4.74 Å². The lowest BCUT2D eigenvalue weighted by Crippen LogP contribution is -2.35. The number of carbonyl (C=O) groups is 2. The molecule has 1 amide bonds. The fourth-order valence-electron chi connectivity index (χ4n) is 1.04. The quantitative estimate of drug-likeness (QED) is 0.846. The predicted octanol–water partition coefficient (Wildman–Crippen LogP) is 1.86. The normalized spacial score (nSPS) is 10.9. The van der Waals surface area contributed by atoms with Gasteiger partial charge in [0, 0.05) is 0 Å². The van der Waals surface area contributed by atoms with Crippen molar-refractivity contribution >= 4 is 23.2 Å². The zero-order valence-electron chi connectivity index (χ0n) is 10.8. The Morgan fingerprint density at radius 1 is 1.44 bits per heavy atom. The molecule has 0 spiro atoms. The molecule has 6 nitrogen and oxygen atoms in total. The van der Waals surface area contributed by atoms with Crippen LogP contribution in [-0.4, -0.2) is 36.1 Å². The minimum absolute atomic E-state index is 0.125. The molecular formula is C11H16N2O4S. The zero-order chi connectivity index (χ0) is 13.8. The van der Waals surface area contributed by atoms with Crippen molar-refractivity contribution in [1.29, 1.82) is 0 Å². The Kier molecular flexibility index (Phi) is 4.66. The van der Waals surface area contributed by atoms with Crippen LogP contribution in [0.5, 0.6) is 5.19 Å². The van der Waals surface area contributed by atoms with E-state index in [2.05, 4.69) is 10.3 Å². The highest BCUT2D eigenvalue weighted by Crippen LogP contribution is 2.19. The third kappa shape index (κ3) is 4.70. The van der Waals surface area contributed by atoms with Gasteiger partial charge in [0.1, 0.15) is 5.60 Å². The lowest BCUT2D eigenvalue weighted by atomic mass is 10.2. The van der Waals surface area contributed by atoms with Gasteiger partial charge in [0.05, 0.1) is 24.7 Å². The highest BCUT2D eigenvalue weighted by atomic mass is 32.1. The first-order valence-corrected chi connectivity index (χ1v) is 6.13. The van der Waals surface area contributed by atoms with Gasteiger partial charge in [0.2, 0.25) is 0 Å². The maximum absolute atomic E-state index is 11.7. The summed E-state index contributed by atoms with van der Waals surface area (Å²) in [4.78, 5) is 27.3. The first-order valence-electron chi connectivity index (χ1n) is 5.31. The molecule has 0 aromatic carbocycles. The van der Waals surface area contributed by atoms with Crippen LogP contribution in [0.15, 0.2) is 6.20 Å². The van der Waals surface area contributed by atoms with Gasteiger partial charge < -0.3 is 14.8 Å². The average molecular weight is 272 g/mol. The highest BCUT2D eigenvalue weighted by Gasteiger charge is 2.17. The first-order chi connectivity index (χ1) is 8.31.